The summed E-state index contributed by atoms with van der Waals surface area (Å²) in [6, 6.07) is 15.3. The van der Waals surface area contributed by atoms with Gasteiger partial charge in [-0.25, -0.2) is 0 Å². The molecule has 2 aromatic heterocycles. The topological polar surface area (TPSA) is 181 Å². The Kier molecular flexibility index (Phi) is 6.86. The van der Waals surface area contributed by atoms with Gasteiger partial charge in [0, 0.05) is 34.6 Å². The van der Waals surface area contributed by atoms with Crippen LogP contribution in [0, 0.1) is 10.1 Å². The number of aromatic amines is 2. The average molecular weight is 531 g/mol. The lowest BCUT2D eigenvalue weighted by atomic mass is 10.0. The quantitative estimate of drug-likeness (QED) is 0.131. The van der Waals surface area contributed by atoms with Crippen LogP contribution >= 0.6 is 0 Å². The maximum atomic E-state index is 12.1. The van der Waals surface area contributed by atoms with Crippen LogP contribution < -0.4 is 10.1 Å². The second kappa shape index (κ2) is 10.7. The molecule has 1 aliphatic rings. The van der Waals surface area contributed by atoms with Gasteiger partial charge in [0.15, 0.2) is 16.4 Å². The fourth-order valence-electron chi connectivity index (χ4n) is 3.69. The molecular formula is C24H18N8O5S. The number of nitrogens with one attached hydrogen (secondary N) is 3. The molecule has 14 heteroatoms. The first-order valence-corrected chi connectivity index (χ1v) is 12.1. The van der Waals surface area contributed by atoms with Crippen LogP contribution in [0.1, 0.15) is 0 Å². The first-order chi connectivity index (χ1) is 18.5. The van der Waals surface area contributed by atoms with Crippen molar-refractivity contribution in [2.45, 2.75) is 6.04 Å². The van der Waals surface area contributed by atoms with Gasteiger partial charge in [-0.2, -0.15) is 18.6 Å². The molecule has 3 N–H and O–H groups in total. The summed E-state index contributed by atoms with van der Waals surface area (Å²) in [5.74, 6) is 0.988. The molecule has 0 saturated heterocycles. The molecule has 38 heavy (non-hydrogen) atoms. The van der Waals surface area contributed by atoms with Gasteiger partial charge < -0.3 is 10.1 Å². The third-order valence-electron chi connectivity index (χ3n) is 5.40. The molecule has 2 aromatic carbocycles. The lowest BCUT2D eigenvalue weighted by Crippen LogP contribution is -2.39. The van der Waals surface area contributed by atoms with Crippen molar-refractivity contribution < 1.29 is 18.1 Å². The van der Waals surface area contributed by atoms with Crippen molar-refractivity contribution in [3.05, 3.63) is 107 Å². The van der Waals surface area contributed by atoms with Crippen molar-refractivity contribution in [1.29, 1.82) is 0 Å². The van der Waals surface area contributed by atoms with Crippen LogP contribution in [0.4, 0.5) is 17.3 Å². The van der Waals surface area contributed by atoms with Crippen LogP contribution in [0.15, 0.2) is 107 Å². The van der Waals surface area contributed by atoms with Gasteiger partial charge in [-0.05, 0) is 42.0 Å². The van der Waals surface area contributed by atoms with Crippen LogP contribution in [0.5, 0.6) is 5.75 Å². The molecule has 0 aliphatic heterocycles. The molecule has 0 saturated carbocycles. The molecule has 4 aromatic rings. The van der Waals surface area contributed by atoms with Gasteiger partial charge in [-0.1, -0.05) is 30.3 Å². The van der Waals surface area contributed by atoms with Gasteiger partial charge in [0.25, 0.3) is 6.04 Å². The molecule has 2 heterocycles. The van der Waals surface area contributed by atoms with Gasteiger partial charge in [0.05, 0.1) is 5.70 Å². The Morgan fingerprint density at radius 1 is 0.974 bits per heavy atom. The number of rotatable bonds is 8. The summed E-state index contributed by atoms with van der Waals surface area (Å²) in [5.41, 5.74) is 2.01. The fourth-order valence-corrected chi connectivity index (χ4v) is 4.35. The van der Waals surface area contributed by atoms with Gasteiger partial charge in [-0.3, -0.25) is 20.3 Å². The summed E-state index contributed by atoms with van der Waals surface area (Å²) in [6.45, 7) is 0. The van der Waals surface area contributed by atoms with E-state index in [1.807, 2.05) is 0 Å². The Hall–Kier alpha value is -5.37. The Balaban J connectivity index is 1.40. The lowest BCUT2D eigenvalue weighted by Gasteiger charge is -2.21. The minimum atomic E-state index is -2.91. The molecule has 1 atom stereocenters. The third-order valence-corrected chi connectivity index (χ3v) is 6.18. The number of azo groups is 1. The van der Waals surface area contributed by atoms with E-state index in [4.69, 9.17) is 4.74 Å². The van der Waals surface area contributed by atoms with E-state index in [9.17, 15) is 18.5 Å². The molecular weight excluding hydrogens is 512 g/mol. The maximum Gasteiger partial charge on any atom is 0.295 e. The van der Waals surface area contributed by atoms with E-state index < -0.39 is 26.1 Å². The maximum absolute atomic E-state index is 12.1. The molecule has 0 bridgehead atoms. The number of nitro groups is 1. The number of para-hydroxylation sites is 1. The molecule has 1 unspecified atom stereocenters. The Morgan fingerprint density at radius 3 is 2.45 bits per heavy atom. The second-order valence-corrected chi connectivity index (χ2v) is 8.72. The van der Waals surface area contributed by atoms with Crippen molar-refractivity contribution in [3.63, 3.8) is 0 Å². The monoisotopic (exact) mass is 530 g/mol. The number of nitrogens with zero attached hydrogens (tertiary/aromatic N) is 5. The van der Waals surface area contributed by atoms with Crippen LogP contribution in [-0.2, 0) is 10.3 Å². The lowest BCUT2D eigenvalue weighted by molar-refractivity contribution is -0.492. The van der Waals surface area contributed by atoms with E-state index in [-0.39, 0.29) is 11.5 Å². The van der Waals surface area contributed by atoms with Crippen molar-refractivity contribution in [1.82, 2.24) is 20.4 Å². The van der Waals surface area contributed by atoms with Crippen molar-refractivity contribution in [2.75, 3.05) is 5.32 Å². The molecule has 0 radical (unpaired) electrons. The molecule has 0 fully saturated rings. The summed E-state index contributed by atoms with van der Waals surface area (Å²) < 4.78 is 29.8. The Labute approximate surface area is 216 Å². The first-order valence-electron chi connectivity index (χ1n) is 11.1. The van der Waals surface area contributed by atoms with Crippen molar-refractivity contribution in [3.8, 4) is 16.9 Å². The van der Waals surface area contributed by atoms with Crippen molar-refractivity contribution >= 4 is 32.5 Å². The predicted octanol–water partition coefficient (Wildman–Crippen LogP) is 4.18. The van der Waals surface area contributed by atoms with Gasteiger partial charge in [-0.15, -0.1) is 10.2 Å². The molecule has 0 spiro atoms. The van der Waals surface area contributed by atoms with Gasteiger partial charge >= 0.3 is 0 Å². The summed E-state index contributed by atoms with van der Waals surface area (Å²) in [5, 5.41) is 36.5. The number of H-pyrrole nitrogens is 2. The zero-order valence-electron chi connectivity index (χ0n) is 19.3. The van der Waals surface area contributed by atoms with E-state index >= 15 is 0 Å². The molecule has 0 amide bonds. The van der Waals surface area contributed by atoms with E-state index in [2.05, 4.69) is 35.9 Å². The Bertz CT molecular complexity index is 1680. The zero-order valence-corrected chi connectivity index (χ0v) is 20.2. The highest BCUT2D eigenvalue weighted by molar-refractivity contribution is 7.73. The van der Waals surface area contributed by atoms with Gasteiger partial charge in [0.2, 0.25) is 16.1 Å². The molecule has 5 rings (SSSR count). The second-order valence-electron chi connectivity index (χ2n) is 7.81. The number of hydrogen-bond donors (Lipinski definition) is 3. The number of aromatic nitrogens is 4. The highest BCUT2D eigenvalue weighted by atomic mass is 32.2. The fraction of sp³-hybridized carbons (Fsp3) is 0.0417. The SMILES string of the molecule is O=[N+]([O-])C1C(Nc2ccc(-c3c[nH]nc3N=Nc3cc[nH]n3)cc2)=CC=C(Oc2ccccc2)C1=S(=O)=O. The van der Waals surface area contributed by atoms with E-state index in [0.717, 1.165) is 5.56 Å². The third kappa shape index (κ3) is 5.24. The van der Waals surface area contributed by atoms with Crippen molar-refractivity contribution in [2.24, 2.45) is 10.2 Å². The highest BCUT2D eigenvalue weighted by Crippen LogP contribution is 2.31. The number of benzene rings is 2. The number of hydrogen-bond acceptors (Lipinski definition) is 10. The van der Waals surface area contributed by atoms with Crippen LogP contribution in [0.3, 0.4) is 0 Å². The first kappa shape index (κ1) is 24.3. The van der Waals surface area contributed by atoms with Crippen LogP contribution in [0.2, 0.25) is 0 Å². The number of ether oxygens (including phenoxy) is 1. The minimum absolute atomic E-state index is 0.0687. The molecule has 190 valence electrons. The minimum Gasteiger partial charge on any atom is -0.456 e. The summed E-state index contributed by atoms with van der Waals surface area (Å²) in [6.07, 6.45) is 6.10. The predicted molar refractivity (Wildman–Crippen MR) is 138 cm³/mol. The normalized spacial score (nSPS) is 15.2. The van der Waals surface area contributed by atoms with Crippen LogP contribution in [0.25, 0.3) is 11.1 Å². The average Bonchev–Trinajstić information content (AvgIpc) is 3.61. The summed E-state index contributed by atoms with van der Waals surface area (Å²) in [7, 11) is -2.91. The summed E-state index contributed by atoms with van der Waals surface area (Å²) >= 11 is 0. The largest absolute Gasteiger partial charge is 0.456 e. The molecule has 1 aliphatic carbocycles. The molecule has 13 nitrogen and oxygen atoms in total. The highest BCUT2D eigenvalue weighted by Gasteiger charge is 2.39. The van der Waals surface area contributed by atoms with E-state index in [1.165, 1.54) is 12.2 Å². The zero-order chi connectivity index (χ0) is 26.5. The smallest absolute Gasteiger partial charge is 0.295 e. The summed E-state index contributed by atoms with van der Waals surface area (Å²) in [4.78, 5) is 10.8. The van der Waals surface area contributed by atoms with Gasteiger partial charge in [0.1, 0.15) is 5.75 Å². The van der Waals surface area contributed by atoms with Crippen LogP contribution in [-0.4, -0.2) is 44.6 Å². The van der Waals surface area contributed by atoms with E-state index in [1.54, 1.807) is 73.1 Å². The Morgan fingerprint density at radius 2 is 1.76 bits per heavy atom. The number of anilines is 1. The van der Waals surface area contributed by atoms with E-state index in [0.29, 0.717) is 28.6 Å². The standard InChI is InChI=1S/C24H18N8O5S/c33-32(34)22-19(10-11-20(23(22)38(35)36)37-17-4-2-1-3-5-17)27-16-8-6-15(7-9-16)18-14-26-30-24(18)31-29-21-12-13-25-28-21/h1-14,22,27H,(H,25,28)(H,26,30). The number of allylic oxidation sites excluding steroid dienone is 2.